The van der Waals surface area contributed by atoms with Crippen LogP contribution in [0.15, 0.2) is 60.7 Å². The molecule has 0 saturated carbocycles. The number of allylic oxidation sites excluding steroid dienone is 5. The lowest BCUT2D eigenvalue weighted by Gasteiger charge is -2.44. The molecule has 0 aromatic heterocycles. The topological polar surface area (TPSA) is 35.9 Å². The number of nitrogens with zero attached hydrogens (tertiary/aromatic N) is 2. The molecule has 2 rings (SSSR count). The van der Waals surface area contributed by atoms with Crippen LogP contribution in [-0.2, 0) is 4.74 Å². The van der Waals surface area contributed by atoms with E-state index in [2.05, 4.69) is 80.7 Å². The molecule has 0 amide bonds. The van der Waals surface area contributed by atoms with Gasteiger partial charge in [-0.3, -0.25) is 0 Å². The highest BCUT2D eigenvalue weighted by Gasteiger charge is 2.39. The molecular formula is C25H38N2O2. The van der Waals surface area contributed by atoms with Gasteiger partial charge in [0.1, 0.15) is 0 Å². The lowest BCUT2D eigenvalue weighted by molar-refractivity contribution is -0.0178. The number of hydrogen-bond donors (Lipinski definition) is 1. The first-order valence-electron chi connectivity index (χ1n) is 10.7. The number of likely N-dealkylation sites (N-methyl/N-ethyl adjacent to an activating group) is 1. The van der Waals surface area contributed by atoms with E-state index in [1.54, 1.807) is 6.08 Å². The molecule has 160 valence electrons. The lowest BCUT2D eigenvalue weighted by Crippen LogP contribution is -2.49. The van der Waals surface area contributed by atoms with Crippen molar-refractivity contribution in [3.63, 3.8) is 0 Å². The minimum Gasteiger partial charge on any atom is -0.386 e. The molecule has 4 nitrogen and oxygen atoms in total. The average molecular weight is 399 g/mol. The standard InChI is InChI=1S/C25H38N2O2/c1-6-9-10-21(7-2)15-16-25(8-3,26(4)5)24(28)22-11-13-23(14-12-22)27-17-19-29-20-18-27/h6-7,9-14,24,28H,1,8,15-20H2,2-5H3/b10-9-,21-7+. The van der Waals surface area contributed by atoms with Crippen molar-refractivity contribution in [1.29, 1.82) is 0 Å². The second-order valence-corrected chi connectivity index (χ2v) is 7.90. The van der Waals surface area contributed by atoms with Gasteiger partial charge in [0.2, 0.25) is 0 Å². The quantitative estimate of drug-likeness (QED) is 0.578. The fraction of sp³-hybridized carbons (Fsp3) is 0.520. The van der Waals surface area contributed by atoms with E-state index in [1.165, 1.54) is 11.3 Å². The van der Waals surface area contributed by atoms with Gasteiger partial charge >= 0.3 is 0 Å². The minimum absolute atomic E-state index is 0.323. The molecule has 4 heteroatoms. The first kappa shape index (κ1) is 23.4. The fourth-order valence-electron chi connectivity index (χ4n) is 4.17. The second kappa shape index (κ2) is 11.3. The molecule has 2 atom stereocenters. The van der Waals surface area contributed by atoms with Crippen LogP contribution in [0.2, 0.25) is 0 Å². The summed E-state index contributed by atoms with van der Waals surface area (Å²) in [5.41, 5.74) is 3.11. The first-order chi connectivity index (χ1) is 14.0. The molecular weight excluding hydrogens is 360 g/mol. The monoisotopic (exact) mass is 398 g/mol. The summed E-state index contributed by atoms with van der Waals surface area (Å²) in [6.07, 6.45) is 10.1. The Bertz CT molecular complexity index is 687. The molecule has 1 N–H and O–H groups in total. The van der Waals surface area contributed by atoms with Gasteiger partial charge in [0.15, 0.2) is 0 Å². The van der Waals surface area contributed by atoms with E-state index < -0.39 is 6.10 Å². The zero-order valence-corrected chi connectivity index (χ0v) is 18.6. The Labute approximate surface area is 177 Å². The Balaban J connectivity index is 2.19. The van der Waals surface area contributed by atoms with Crippen LogP contribution in [0.3, 0.4) is 0 Å². The van der Waals surface area contributed by atoms with Crippen molar-refractivity contribution in [2.24, 2.45) is 0 Å². The molecule has 1 heterocycles. The number of aliphatic hydroxyl groups is 1. The predicted octanol–water partition coefficient (Wildman–Crippen LogP) is 4.74. The van der Waals surface area contributed by atoms with Crippen LogP contribution in [0.4, 0.5) is 5.69 Å². The summed E-state index contributed by atoms with van der Waals surface area (Å²) in [6, 6.07) is 8.42. The molecule has 0 bridgehead atoms. The van der Waals surface area contributed by atoms with Crippen molar-refractivity contribution in [3.05, 3.63) is 66.3 Å². The first-order valence-corrected chi connectivity index (χ1v) is 10.7. The van der Waals surface area contributed by atoms with Crippen LogP contribution in [0.25, 0.3) is 0 Å². The van der Waals surface area contributed by atoms with Gasteiger partial charge in [0.25, 0.3) is 0 Å². The van der Waals surface area contributed by atoms with E-state index in [1.807, 2.05) is 6.08 Å². The number of aliphatic hydroxyl groups excluding tert-OH is 1. The van der Waals surface area contributed by atoms with Crippen LogP contribution >= 0.6 is 0 Å². The third-order valence-electron chi connectivity index (χ3n) is 6.26. The number of morpholine rings is 1. The Morgan fingerprint density at radius 2 is 1.93 bits per heavy atom. The maximum Gasteiger partial charge on any atom is 0.0973 e. The largest absolute Gasteiger partial charge is 0.386 e. The van der Waals surface area contributed by atoms with Gasteiger partial charge in [-0.05, 0) is 58.0 Å². The number of ether oxygens (including phenoxy) is 1. The SMILES string of the molecule is C=C/C=C\C(=C/C)CCC(CC)(C(O)c1ccc(N2CCOCC2)cc1)N(C)C. The van der Waals surface area contributed by atoms with Gasteiger partial charge in [0.05, 0.1) is 24.9 Å². The molecule has 1 aromatic rings. The summed E-state index contributed by atoms with van der Waals surface area (Å²) in [4.78, 5) is 4.53. The Morgan fingerprint density at radius 3 is 2.45 bits per heavy atom. The third-order valence-corrected chi connectivity index (χ3v) is 6.26. The van der Waals surface area contributed by atoms with Gasteiger partial charge < -0.3 is 19.6 Å². The van der Waals surface area contributed by atoms with E-state index >= 15 is 0 Å². The number of benzene rings is 1. The molecule has 1 aromatic carbocycles. The molecule has 1 fully saturated rings. The summed E-state index contributed by atoms with van der Waals surface area (Å²) in [5.74, 6) is 0. The summed E-state index contributed by atoms with van der Waals surface area (Å²) in [7, 11) is 4.15. The molecule has 1 aliphatic heterocycles. The highest BCUT2D eigenvalue weighted by atomic mass is 16.5. The van der Waals surface area contributed by atoms with Crippen molar-refractivity contribution < 1.29 is 9.84 Å². The normalized spacial score (nSPS) is 18.8. The van der Waals surface area contributed by atoms with Gasteiger partial charge in [-0.15, -0.1) is 0 Å². The average Bonchev–Trinajstić information content (AvgIpc) is 2.76. The third kappa shape index (κ3) is 5.81. The number of hydrogen-bond acceptors (Lipinski definition) is 4. The van der Waals surface area contributed by atoms with E-state index in [4.69, 9.17) is 4.74 Å². The molecule has 1 aliphatic rings. The predicted molar refractivity (Wildman–Crippen MR) is 123 cm³/mol. The highest BCUT2D eigenvalue weighted by molar-refractivity contribution is 5.48. The van der Waals surface area contributed by atoms with E-state index in [0.717, 1.165) is 51.1 Å². The Hall–Kier alpha value is -1.88. The molecule has 29 heavy (non-hydrogen) atoms. The lowest BCUT2D eigenvalue weighted by atomic mass is 9.79. The second-order valence-electron chi connectivity index (χ2n) is 7.90. The molecule has 0 spiro atoms. The number of rotatable bonds is 10. The molecule has 2 unspecified atom stereocenters. The zero-order valence-electron chi connectivity index (χ0n) is 18.6. The number of anilines is 1. The van der Waals surface area contributed by atoms with E-state index in [9.17, 15) is 5.11 Å². The van der Waals surface area contributed by atoms with Crippen LogP contribution in [0.5, 0.6) is 0 Å². The fourth-order valence-corrected chi connectivity index (χ4v) is 4.17. The van der Waals surface area contributed by atoms with Gasteiger partial charge in [-0.25, -0.2) is 0 Å². The highest BCUT2D eigenvalue weighted by Crippen LogP contribution is 2.38. The molecule has 0 radical (unpaired) electrons. The van der Waals surface area contributed by atoms with Gasteiger partial charge in [-0.2, -0.15) is 0 Å². The van der Waals surface area contributed by atoms with Crippen LogP contribution in [0, 0.1) is 0 Å². The summed E-state index contributed by atoms with van der Waals surface area (Å²) in [5, 5.41) is 11.4. The van der Waals surface area contributed by atoms with Crippen molar-refractivity contribution in [1.82, 2.24) is 4.90 Å². The van der Waals surface area contributed by atoms with E-state index in [0.29, 0.717) is 0 Å². The maximum atomic E-state index is 11.4. The minimum atomic E-state index is -0.553. The van der Waals surface area contributed by atoms with Crippen LogP contribution < -0.4 is 4.90 Å². The molecule has 0 aliphatic carbocycles. The summed E-state index contributed by atoms with van der Waals surface area (Å²) >= 11 is 0. The van der Waals surface area contributed by atoms with Crippen molar-refractivity contribution >= 4 is 5.69 Å². The molecule has 1 saturated heterocycles. The Kier molecular flexibility index (Phi) is 9.15. The van der Waals surface area contributed by atoms with Crippen LogP contribution in [-0.4, -0.2) is 55.9 Å². The van der Waals surface area contributed by atoms with Crippen molar-refractivity contribution in [3.8, 4) is 0 Å². The summed E-state index contributed by atoms with van der Waals surface area (Å²) in [6.45, 7) is 11.4. The van der Waals surface area contributed by atoms with E-state index in [-0.39, 0.29) is 5.54 Å². The maximum absolute atomic E-state index is 11.4. The van der Waals surface area contributed by atoms with Crippen LogP contribution in [0.1, 0.15) is 44.8 Å². The van der Waals surface area contributed by atoms with Crippen molar-refractivity contribution in [2.45, 2.75) is 44.8 Å². The van der Waals surface area contributed by atoms with Crippen molar-refractivity contribution in [2.75, 3.05) is 45.3 Å². The Morgan fingerprint density at radius 1 is 1.28 bits per heavy atom. The summed E-state index contributed by atoms with van der Waals surface area (Å²) < 4.78 is 5.45. The smallest absolute Gasteiger partial charge is 0.0973 e. The van der Waals surface area contributed by atoms with Gasteiger partial charge in [0, 0.05) is 18.8 Å². The van der Waals surface area contributed by atoms with Gasteiger partial charge in [-0.1, -0.05) is 55.5 Å². The zero-order chi connectivity index (χ0) is 21.3.